The van der Waals surface area contributed by atoms with Gasteiger partial charge in [-0.2, -0.15) is 5.10 Å². The molecule has 4 heterocycles. The summed E-state index contributed by atoms with van der Waals surface area (Å²) >= 11 is 0. The number of hydrogen-bond acceptors (Lipinski definition) is 6. The van der Waals surface area contributed by atoms with Gasteiger partial charge in [-0.05, 0) is 55.8 Å². The SMILES string of the molecule is CC(C)c1ccc(C(O)(c2cncc(-c3nc(C4CCOCC4)n(C4CCCC4)n3)c2)C2(C)CN(C)C2)cc1. The molecular formula is C32H43N5O2. The molecule has 1 N–H and O–H groups in total. The summed E-state index contributed by atoms with van der Waals surface area (Å²) in [5.41, 5.74) is 2.32. The second-order valence-corrected chi connectivity index (χ2v) is 12.7. The molecule has 0 spiro atoms. The van der Waals surface area contributed by atoms with Gasteiger partial charge in [0.1, 0.15) is 11.4 Å². The van der Waals surface area contributed by atoms with Crippen LogP contribution in [0.4, 0.5) is 0 Å². The van der Waals surface area contributed by atoms with Crippen molar-refractivity contribution in [1.29, 1.82) is 0 Å². The fraction of sp³-hybridized carbons (Fsp3) is 0.594. The molecule has 7 heteroatoms. The Balaban J connectivity index is 1.42. The van der Waals surface area contributed by atoms with E-state index in [1.54, 1.807) is 0 Å². The van der Waals surface area contributed by atoms with Crippen molar-refractivity contribution in [1.82, 2.24) is 24.6 Å². The molecule has 0 amide bonds. The average Bonchev–Trinajstić information content (AvgIpc) is 3.63. The first kappa shape index (κ1) is 26.6. The van der Waals surface area contributed by atoms with Crippen molar-refractivity contribution in [2.24, 2.45) is 5.41 Å². The minimum Gasteiger partial charge on any atom is -0.381 e. The highest BCUT2D eigenvalue weighted by atomic mass is 16.5. The first-order chi connectivity index (χ1) is 18.8. The Labute approximate surface area is 232 Å². The van der Waals surface area contributed by atoms with E-state index in [2.05, 4.69) is 72.7 Å². The third-order valence-corrected chi connectivity index (χ3v) is 9.44. The molecule has 1 atom stereocenters. The molecule has 6 rings (SSSR count). The van der Waals surface area contributed by atoms with Gasteiger partial charge in [-0.1, -0.05) is 57.9 Å². The molecule has 208 valence electrons. The van der Waals surface area contributed by atoms with E-state index in [1.807, 2.05) is 12.4 Å². The van der Waals surface area contributed by atoms with Crippen LogP contribution in [0.25, 0.3) is 11.4 Å². The summed E-state index contributed by atoms with van der Waals surface area (Å²) < 4.78 is 7.88. The number of rotatable bonds is 7. The number of pyridine rings is 1. The van der Waals surface area contributed by atoms with Gasteiger partial charge in [-0.15, -0.1) is 0 Å². The van der Waals surface area contributed by atoms with E-state index in [1.165, 1.54) is 18.4 Å². The zero-order valence-corrected chi connectivity index (χ0v) is 23.9. The Morgan fingerprint density at radius 1 is 1.00 bits per heavy atom. The van der Waals surface area contributed by atoms with E-state index in [4.69, 9.17) is 14.8 Å². The van der Waals surface area contributed by atoms with Crippen molar-refractivity contribution in [2.45, 2.75) is 82.8 Å². The van der Waals surface area contributed by atoms with Crippen LogP contribution in [0.5, 0.6) is 0 Å². The maximum absolute atomic E-state index is 12.7. The number of benzene rings is 1. The molecule has 3 fully saturated rings. The lowest BCUT2D eigenvalue weighted by Gasteiger charge is -2.55. The zero-order chi connectivity index (χ0) is 27.2. The normalized spacial score (nSPS) is 22.2. The summed E-state index contributed by atoms with van der Waals surface area (Å²) in [4.78, 5) is 12.1. The summed E-state index contributed by atoms with van der Waals surface area (Å²) in [6, 6.07) is 11.0. The number of aliphatic hydroxyl groups is 1. The fourth-order valence-electron chi connectivity index (χ4n) is 7.22. The van der Waals surface area contributed by atoms with Crippen molar-refractivity contribution in [3.8, 4) is 11.4 Å². The zero-order valence-electron chi connectivity index (χ0n) is 23.9. The predicted molar refractivity (Wildman–Crippen MR) is 153 cm³/mol. The van der Waals surface area contributed by atoms with Gasteiger partial charge in [0.05, 0.1) is 6.04 Å². The van der Waals surface area contributed by atoms with Crippen molar-refractivity contribution < 1.29 is 9.84 Å². The molecular weight excluding hydrogens is 486 g/mol. The number of aromatic nitrogens is 4. The van der Waals surface area contributed by atoms with Gasteiger partial charge >= 0.3 is 0 Å². The van der Waals surface area contributed by atoms with Crippen LogP contribution in [-0.4, -0.2) is 63.1 Å². The van der Waals surface area contributed by atoms with Gasteiger partial charge in [0.25, 0.3) is 0 Å². The summed E-state index contributed by atoms with van der Waals surface area (Å²) in [5, 5.41) is 17.8. The molecule has 0 radical (unpaired) electrons. The molecule has 3 aliphatic rings. The Bertz CT molecular complexity index is 1280. The molecule has 2 aromatic heterocycles. The predicted octanol–water partition coefficient (Wildman–Crippen LogP) is 5.66. The first-order valence-electron chi connectivity index (χ1n) is 14.8. The third kappa shape index (κ3) is 4.72. The van der Waals surface area contributed by atoms with Crippen LogP contribution in [0.15, 0.2) is 42.7 Å². The summed E-state index contributed by atoms with van der Waals surface area (Å²) in [6.07, 6.45) is 10.5. The van der Waals surface area contributed by atoms with E-state index >= 15 is 0 Å². The van der Waals surface area contributed by atoms with Gasteiger partial charge in [-0.25, -0.2) is 9.67 Å². The first-order valence-corrected chi connectivity index (χ1v) is 14.8. The van der Waals surface area contributed by atoms with Crippen LogP contribution in [0, 0.1) is 5.41 Å². The van der Waals surface area contributed by atoms with Gasteiger partial charge in [0.2, 0.25) is 0 Å². The fourth-order valence-corrected chi connectivity index (χ4v) is 7.22. The highest BCUT2D eigenvalue weighted by molar-refractivity contribution is 5.56. The third-order valence-electron chi connectivity index (χ3n) is 9.44. The Morgan fingerprint density at radius 2 is 1.69 bits per heavy atom. The van der Waals surface area contributed by atoms with Crippen LogP contribution < -0.4 is 0 Å². The van der Waals surface area contributed by atoms with Crippen molar-refractivity contribution in [3.63, 3.8) is 0 Å². The van der Waals surface area contributed by atoms with Crippen LogP contribution in [0.1, 0.15) is 99.7 Å². The largest absolute Gasteiger partial charge is 0.381 e. The number of ether oxygens (including phenoxy) is 1. The maximum Gasteiger partial charge on any atom is 0.182 e. The van der Waals surface area contributed by atoms with Gasteiger partial charge in [0.15, 0.2) is 5.82 Å². The molecule has 39 heavy (non-hydrogen) atoms. The van der Waals surface area contributed by atoms with Crippen LogP contribution >= 0.6 is 0 Å². The van der Waals surface area contributed by atoms with Crippen LogP contribution in [0.3, 0.4) is 0 Å². The second-order valence-electron chi connectivity index (χ2n) is 12.7. The number of hydrogen-bond donors (Lipinski definition) is 1. The minimum atomic E-state index is -1.18. The van der Waals surface area contributed by atoms with Gasteiger partial charge in [0, 0.05) is 61.2 Å². The molecule has 2 saturated heterocycles. The smallest absolute Gasteiger partial charge is 0.182 e. The lowest BCUT2D eigenvalue weighted by atomic mass is 9.62. The average molecular weight is 530 g/mol. The van der Waals surface area contributed by atoms with Crippen LogP contribution in [-0.2, 0) is 10.3 Å². The summed E-state index contributed by atoms with van der Waals surface area (Å²) in [6.45, 7) is 9.76. The Kier molecular flexibility index (Phi) is 7.11. The molecule has 1 aromatic carbocycles. The molecule has 1 saturated carbocycles. The molecule has 7 nitrogen and oxygen atoms in total. The topological polar surface area (TPSA) is 76.3 Å². The highest BCUT2D eigenvalue weighted by Crippen LogP contribution is 2.50. The number of nitrogens with zero attached hydrogens (tertiary/aromatic N) is 5. The van der Waals surface area contributed by atoms with Gasteiger partial charge in [-0.3, -0.25) is 4.98 Å². The van der Waals surface area contributed by atoms with Crippen molar-refractivity contribution >= 4 is 0 Å². The van der Waals surface area contributed by atoms with E-state index in [-0.39, 0.29) is 5.41 Å². The lowest BCUT2D eigenvalue weighted by molar-refractivity contribution is -0.127. The number of likely N-dealkylation sites (tertiary alicyclic amines) is 1. The Morgan fingerprint density at radius 3 is 2.33 bits per heavy atom. The summed E-state index contributed by atoms with van der Waals surface area (Å²) in [7, 11) is 2.11. The van der Waals surface area contributed by atoms with Gasteiger partial charge < -0.3 is 14.7 Å². The lowest BCUT2D eigenvalue weighted by Crippen LogP contribution is -2.63. The molecule has 1 unspecified atom stereocenters. The van der Waals surface area contributed by atoms with E-state index in [0.717, 1.165) is 74.5 Å². The highest BCUT2D eigenvalue weighted by Gasteiger charge is 2.55. The molecule has 3 aromatic rings. The van der Waals surface area contributed by atoms with E-state index in [9.17, 15) is 5.11 Å². The molecule has 0 bridgehead atoms. The quantitative estimate of drug-likeness (QED) is 0.426. The monoisotopic (exact) mass is 529 g/mol. The maximum atomic E-state index is 12.7. The van der Waals surface area contributed by atoms with Crippen LogP contribution in [0.2, 0.25) is 0 Å². The van der Waals surface area contributed by atoms with E-state index in [0.29, 0.717) is 23.7 Å². The summed E-state index contributed by atoms with van der Waals surface area (Å²) in [5.74, 6) is 2.62. The second kappa shape index (κ2) is 10.4. The van der Waals surface area contributed by atoms with E-state index < -0.39 is 5.60 Å². The Hall–Kier alpha value is -2.61. The minimum absolute atomic E-state index is 0.342. The molecule has 2 aliphatic heterocycles. The standard InChI is InChI=1S/C32H43N5O2/c1-22(2)23-9-11-26(12-10-23)32(38,31(3)20-36(4)21-31)27-17-25(18-33-19-27)29-34-30(24-13-15-39-16-14-24)37(35-29)28-7-5-6-8-28/h9-12,17-19,22,24,28,38H,5-8,13-16,20-21H2,1-4H3. The molecule has 1 aliphatic carbocycles. The van der Waals surface area contributed by atoms with Crippen molar-refractivity contribution in [3.05, 3.63) is 65.2 Å². The van der Waals surface area contributed by atoms with Crippen molar-refractivity contribution in [2.75, 3.05) is 33.4 Å².